The summed E-state index contributed by atoms with van der Waals surface area (Å²) in [6.07, 6.45) is 7.65. The van der Waals surface area contributed by atoms with Crippen LogP contribution in [0.2, 0.25) is 10.0 Å². The average Bonchev–Trinajstić information content (AvgIpc) is 3.90. The lowest BCUT2D eigenvalue weighted by molar-refractivity contribution is -0.377. The molecule has 272 valence electrons. The molecule has 0 bridgehead atoms. The third kappa shape index (κ3) is 8.60. The van der Waals surface area contributed by atoms with Gasteiger partial charge in [0.1, 0.15) is 22.7 Å². The van der Waals surface area contributed by atoms with Gasteiger partial charge < -0.3 is 14.2 Å². The number of halogens is 4. The molecule has 0 spiro atoms. The number of sulfonamides is 1. The molecule has 6 rings (SSSR count). The second-order valence-corrected chi connectivity index (χ2v) is 14.9. The predicted octanol–water partition coefficient (Wildman–Crippen LogP) is 5.68. The van der Waals surface area contributed by atoms with Gasteiger partial charge in [0.25, 0.3) is 11.8 Å². The van der Waals surface area contributed by atoms with Gasteiger partial charge in [0.2, 0.25) is 10.0 Å². The molecular weight excluding hydrogens is 745 g/mol. The number of amides is 2. The number of hydrogen-bond donors (Lipinski definition) is 0. The number of hydrogen-bond acceptors (Lipinski definition) is 9. The van der Waals surface area contributed by atoms with Crippen LogP contribution in [0.3, 0.4) is 0 Å². The molecule has 1 fully saturated rings. The van der Waals surface area contributed by atoms with Crippen molar-refractivity contribution in [3.8, 4) is 11.5 Å². The standard InChI is InChI=1S/C35H30Cl2F2N4O8S/c1-52(47,48)43(17-21-3-2-10-40-14-21)23-7-8-24-25(12-23)34(46)42(33(24)45)18-32(44)50-30(13-26-27(36)15-41-16-28(26)37)22-6-9-29(51-35(38)39)31(11-22)49-19-20-4-5-20/h2-3,6-12,14-16,20,30,35H,4-5,13,17-19H2,1H3/p+1/t30-/m0/s1. The maximum Gasteiger partial charge on any atom is 0.387 e. The lowest BCUT2D eigenvalue weighted by atomic mass is 10.0. The Bertz CT molecular complexity index is 2100. The van der Waals surface area contributed by atoms with E-state index < -0.39 is 47.1 Å². The number of benzene rings is 2. The van der Waals surface area contributed by atoms with E-state index in [0.29, 0.717) is 21.6 Å². The minimum absolute atomic E-state index is 0.00662. The molecule has 1 N–H and O–H groups in total. The van der Waals surface area contributed by atoms with E-state index >= 15 is 0 Å². The van der Waals surface area contributed by atoms with Crippen LogP contribution in [0.4, 0.5) is 14.5 Å². The van der Waals surface area contributed by atoms with Crippen molar-refractivity contribution in [1.29, 1.82) is 0 Å². The number of aromatic nitrogens is 2. The molecule has 0 saturated heterocycles. The Morgan fingerprint density at radius 3 is 2.42 bits per heavy atom. The van der Waals surface area contributed by atoms with E-state index in [2.05, 4.69) is 14.7 Å². The number of carbonyl (C=O) groups is 3. The highest BCUT2D eigenvalue weighted by Gasteiger charge is 2.38. The maximum absolute atomic E-state index is 13.6. The van der Waals surface area contributed by atoms with Crippen LogP contribution < -0.4 is 18.8 Å². The van der Waals surface area contributed by atoms with Gasteiger partial charge in [-0.05, 0) is 66.3 Å². The fourth-order valence-electron chi connectivity index (χ4n) is 5.57. The third-order valence-corrected chi connectivity index (χ3v) is 10.2. The van der Waals surface area contributed by atoms with Crippen molar-refractivity contribution in [3.05, 3.63) is 111 Å². The fraction of sp³-hybridized carbons (Fsp3) is 0.286. The van der Waals surface area contributed by atoms with Gasteiger partial charge in [-0.25, -0.2) is 13.4 Å². The number of ether oxygens (including phenoxy) is 3. The van der Waals surface area contributed by atoms with Crippen LogP contribution in [0.5, 0.6) is 11.5 Å². The van der Waals surface area contributed by atoms with Gasteiger partial charge in [0.05, 0.1) is 36.2 Å². The number of fused-ring (bicyclic) bond motifs is 1. The van der Waals surface area contributed by atoms with Crippen LogP contribution in [0.1, 0.15) is 56.4 Å². The number of imide groups is 1. The van der Waals surface area contributed by atoms with Crippen LogP contribution in [0, 0.1) is 5.92 Å². The van der Waals surface area contributed by atoms with Crippen molar-refractivity contribution in [2.75, 3.05) is 23.7 Å². The summed E-state index contributed by atoms with van der Waals surface area (Å²) >= 11 is 12.8. The molecule has 2 amide bonds. The highest BCUT2D eigenvalue weighted by atomic mass is 35.5. The molecule has 1 atom stereocenters. The van der Waals surface area contributed by atoms with Crippen LogP contribution in [-0.4, -0.2) is 62.1 Å². The molecule has 0 radical (unpaired) electrons. The van der Waals surface area contributed by atoms with Gasteiger partial charge in [-0.15, -0.1) is 0 Å². The number of rotatable bonds is 15. The lowest BCUT2D eigenvalue weighted by Crippen LogP contribution is -2.36. The van der Waals surface area contributed by atoms with E-state index in [0.717, 1.165) is 23.4 Å². The molecule has 3 heterocycles. The minimum Gasteiger partial charge on any atom is -0.489 e. The molecule has 1 saturated carbocycles. The highest BCUT2D eigenvalue weighted by molar-refractivity contribution is 7.92. The summed E-state index contributed by atoms with van der Waals surface area (Å²) < 4.78 is 69.3. The summed E-state index contributed by atoms with van der Waals surface area (Å²) in [6.45, 7) is -3.73. The Kier molecular flexibility index (Phi) is 10.9. The first-order valence-electron chi connectivity index (χ1n) is 15.9. The Balaban J connectivity index is 1.25. The number of alkyl halides is 2. The molecule has 1 aliphatic carbocycles. The molecule has 52 heavy (non-hydrogen) atoms. The van der Waals surface area contributed by atoms with Crippen molar-refractivity contribution in [2.45, 2.75) is 38.5 Å². The van der Waals surface area contributed by atoms with Gasteiger partial charge in [-0.1, -0.05) is 35.3 Å². The topological polar surface area (TPSA) is 147 Å². The zero-order valence-electron chi connectivity index (χ0n) is 27.4. The number of pyridine rings is 2. The smallest absolute Gasteiger partial charge is 0.387 e. The molecule has 1 aliphatic heterocycles. The number of nitrogens with zero attached hydrogens (tertiary/aromatic N) is 3. The molecule has 2 aromatic carbocycles. The number of H-pyrrole nitrogens is 1. The number of carbonyl (C=O) groups excluding carboxylic acids is 3. The minimum atomic E-state index is -3.84. The Hall–Kier alpha value is -4.86. The van der Waals surface area contributed by atoms with E-state index in [1.54, 1.807) is 18.3 Å². The van der Waals surface area contributed by atoms with Crippen LogP contribution in [0.15, 0.2) is 73.3 Å². The van der Waals surface area contributed by atoms with E-state index in [1.165, 1.54) is 55.0 Å². The van der Waals surface area contributed by atoms with Gasteiger partial charge in [-0.3, -0.25) is 28.6 Å². The summed E-state index contributed by atoms with van der Waals surface area (Å²) in [6, 6.07) is 11.4. The van der Waals surface area contributed by atoms with Gasteiger partial charge in [0.15, 0.2) is 23.9 Å². The molecular formula is C35H31Cl2F2N4O8S+. The maximum atomic E-state index is 13.6. The fourth-order valence-corrected chi connectivity index (χ4v) is 6.98. The van der Waals surface area contributed by atoms with E-state index in [1.807, 2.05) is 0 Å². The van der Waals surface area contributed by atoms with Crippen LogP contribution >= 0.6 is 23.2 Å². The highest BCUT2D eigenvalue weighted by Crippen LogP contribution is 2.38. The summed E-state index contributed by atoms with van der Waals surface area (Å²) in [5.41, 5.74) is 1.29. The number of aromatic amines is 1. The first kappa shape index (κ1) is 36.9. The second kappa shape index (κ2) is 15.4. The third-order valence-electron chi connectivity index (χ3n) is 8.37. The second-order valence-electron chi connectivity index (χ2n) is 12.2. The zero-order valence-corrected chi connectivity index (χ0v) is 29.8. The number of nitrogens with one attached hydrogen (secondary N) is 1. The molecule has 2 aliphatic rings. The lowest BCUT2D eigenvalue weighted by Gasteiger charge is -2.23. The molecule has 0 unspecified atom stereocenters. The van der Waals surface area contributed by atoms with Crippen molar-refractivity contribution in [3.63, 3.8) is 0 Å². The van der Waals surface area contributed by atoms with E-state index in [9.17, 15) is 31.6 Å². The molecule has 4 aromatic rings. The summed E-state index contributed by atoms with van der Waals surface area (Å²) in [5.74, 6) is -2.54. The van der Waals surface area contributed by atoms with Crippen molar-refractivity contribution in [2.24, 2.45) is 5.92 Å². The van der Waals surface area contributed by atoms with Crippen molar-refractivity contribution >= 4 is 56.7 Å². The first-order chi connectivity index (χ1) is 24.8. The zero-order chi connectivity index (χ0) is 37.2. The summed E-state index contributed by atoms with van der Waals surface area (Å²) in [7, 11) is -3.84. The molecule has 2 aromatic heterocycles. The van der Waals surface area contributed by atoms with E-state index in [-0.39, 0.29) is 63.8 Å². The largest absolute Gasteiger partial charge is 0.489 e. The summed E-state index contributed by atoms with van der Waals surface area (Å²) in [5, 5.41) is 0.443. The summed E-state index contributed by atoms with van der Waals surface area (Å²) in [4.78, 5) is 48.0. The molecule has 12 nitrogen and oxygen atoms in total. The van der Waals surface area contributed by atoms with E-state index in [4.69, 9.17) is 32.7 Å². The van der Waals surface area contributed by atoms with Crippen LogP contribution in [-0.2, 0) is 32.5 Å². The Morgan fingerprint density at radius 1 is 1.04 bits per heavy atom. The van der Waals surface area contributed by atoms with Gasteiger partial charge >= 0.3 is 12.6 Å². The van der Waals surface area contributed by atoms with Gasteiger partial charge in [0, 0.05) is 24.4 Å². The first-order valence-corrected chi connectivity index (χ1v) is 18.5. The average molecular weight is 777 g/mol. The van der Waals surface area contributed by atoms with Gasteiger partial charge in [-0.2, -0.15) is 8.78 Å². The predicted molar refractivity (Wildman–Crippen MR) is 184 cm³/mol. The SMILES string of the molecule is CS(=O)(=O)N(Cc1cccnc1)c1ccc2c(c1)C(=O)N(CC(=O)O[C@@H](Cc1c(Cl)c[nH+]cc1Cl)c1ccc(OC(F)F)c(OCC3CC3)c1)C2=O. The van der Waals surface area contributed by atoms with Crippen molar-refractivity contribution < 1.29 is 50.8 Å². The molecule has 17 heteroatoms. The quantitative estimate of drug-likeness (QED) is 0.110. The van der Waals surface area contributed by atoms with Crippen LogP contribution in [0.25, 0.3) is 0 Å². The Labute approximate surface area is 307 Å². The number of anilines is 1. The normalized spacial score (nSPS) is 14.7. The van der Waals surface area contributed by atoms with Crippen molar-refractivity contribution in [1.82, 2.24) is 9.88 Å². The Morgan fingerprint density at radius 2 is 1.77 bits per heavy atom. The number of esters is 1. The monoisotopic (exact) mass is 775 g/mol.